The number of thiophene rings is 1. The lowest BCUT2D eigenvalue weighted by Crippen LogP contribution is -2.37. The Kier molecular flexibility index (Phi) is 4.84. The van der Waals surface area contributed by atoms with E-state index in [1.54, 1.807) is 35.8 Å². The van der Waals surface area contributed by atoms with Gasteiger partial charge in [-0.05, 0) is 43.0 Å². The Morgan fingerprint density at radius 1 is 1.40 bits per heavy atom. The van der Waals surface area contributed by atoms with Gasteiger partial charge in [0.1, 0.15) is 17.0 Å². The minimum absolute atomic E-state index is 0.0155. The van der Waals surface area contributed by atoms with Gasteiger partial charge in [0, 0.05) is 35.5 Å². The number of rotatable bonds is 5. The third kappa shape index (κ3) is 3.29. The fourth-order valence-electron chi connectivity index (χ4n) is 4.14. The SMILES string of the molecule is CN(CCO)C(=O)[C@H]1CCc2c(sc3ncnc(Nc4ccc5[nH]ncc5c4)c23)C1. The van der Waals surface area contributed by atoms with Gasteiger partial charge in [0.25, 0.3) is 0 Å². The first-order valence-electron chi connectivity index (χ1n) is 9.95. The molecular formula is C21H22N6O2S. The third-order valence-electron chi connectivity index (χ3n) is 5.71. The van der Waals surface area contributed by atoms with E-state index in [4.69, 9.17) is 5.11 Å². The summed E-state index contributed by atoms with van der Waals surface area (Å²) in [5.74, 6) is 0.850. The van der Waals surface area contributed by atoms with Crippen molar-refractivity contribution in [1.29, 1.82) is 0 Å². The van der Waals surface area contributed by atoms with Crippen LogP contribution in [0.3, 0.4) is 0 Å². The van der Waals surface area contributed by atoms with Gasteiger partial charge in [0.2, 0.25) is 5.91 Å². The summed E-state index contributed by atoms with van der Waals surface area (Å²) in [6.45, 7) is 0.355. The molecule has 1 aliphatic carbocycles. The number of aryl methyl sites for hydroxylation is 1. The minimum atomic E-state index is -0.0463. The Bertz CT molecular complexity index is 1230. The number of anilines is 2. The molecule has 1 aliphatic rings. The summed E-state index contributed by atoms with van der Waals surface area (Å²) in [4.78, 5) is 25.5. The van der Waals surface area contributed by atoms with Crippen molar-refractivity contribution in [1.82, 2.24) is 25.1 Å². The van der Waals surface area contributed by atoms with Crippen LogP contribution in [0.4, 0.5) is 11.5 Å². The number of carbonyl (C=O) groups is 1. The average Bonchev–Trinajstić information content (AvgIpc) is 3.37. The number of likely N-dealkylation sites (N-methyl/N-ethyl adjacent to an activating group) is 1. The van der Waals surface area contributed by atoms with Crippen molar-refractivity contribution < 1.29 is 9.90 Å². The fraction of sp³-hybridized carbons (Fsp3) is 0.333. The molecule has 8 nitrogen and oxygen atoms in total. The predicted molar refractivity (Wildman–Crippen MR) is 117 cm³/mol. The number of hydrogen-bond acceptors (Lipinski definition) is 7. The van der Waals surface area contributed by atoms with E-state index >= 15 is 0 Å². The van der Waals surface area contributed by atoms with Crippen molar-refractivity contribution in [3.05, 3.63) is 41.2 Å². The molecule has 1 atom stereocenters. The molecule has 5 rings (SSSR count). The fourth-order valence-corrected chi connectivity index (χ4v) is 5.41. The highest BCUT2D eigenvalue weighted by Gasteiger charge is 2.30. The molecule has 0 aliphatic heterocycles. The molecule has 3 N–H and O–H groups in total. The van der Waals surface area contributed by atoms with Crippen LogP contribution in [0.25, 0.3) is 21.1 Å². The highest BCUT2D eigenvalue weighted by Crippen LogP contribution is 2.40. The van der Waals surface area contributed by atoms with Crippen LogP contribution in [0.5, 0.6) is 0 Å². The number of aromatic nitrogens is 4. The molecule has 0 saturated carbocycles. The molecule has 0 saturated heterocycles. The van der Waals surface area contributed by atoms with Crippen LogP contribution in [0.15, 0.2) is 30.7 Å². The van der Waals surface area contributed by atoms with E-state index in [2.05, 4.69) is 25.5 Å². The van der Waals surface area contributed by atoms with Crippen molar-refractivity contribution in [3.63, 3.8) is 0 Å². The predicted octanol–water partition coefficient (Wildman–Crippen LogP) is 2.87. The van der Waals surface area contributed by atoms with Gasteiger partial charge in [-0.25, -0.2) is 9.97 Å². The molecule has 4 aromatic rings. The zero-order valence-corrected chi connectivity index (χ0v) is 17.4. The number of nitrogens with one attached hydrogen (secondary N) is 2. The highest BCUT2D eigenvalue weighted by molar-refractivity contribution is 7.19. The van der Waals surface area contributed by atoms with E-state index in [0.717, 1.165) is 45.5 Å². The van der Waals surface area contributed by atoms with E-state index in [1.165, 1.54) is 10.4 Å². The maximum atomic E-state index is 12.7. The van der Waals surface area contributed by atoms with E-state index in [9.17, 15) is 4.79 Å². The standard InChI is InChI=1S/C21H22N6O2S/c1-27(6-7-28)21(29)12-2-4-15-17(9-12)30-20-18(15)19(22-11-23-20)25-14-3-5-16-13(8-14)10-24-26-16/h3,5,8,10-12,28H,2,4,6-7,9H2,1H3,(H,24,26)(H,22,23,25)/t12-/m0/s1. The number of H-pyrrole nitrogens is 1. The second-order valence-corrected chi connectivity index (χ2v) is 8.71. The molecule has 1 amide bonds. The molecule has 9 heteroatoms. The number of fused-ring (bicyclic) bond motifs is 4. The maximum Gasteiger partial charge on any atom is 0.225 e. The summed E-state index contributed by atoms with van der Waals surface area (Å²) in [7, 11) is 1.75. The van der Waals surface area contributed by atoms with Gasteiger partial charge in [-0.15, -0.1) is 11.3 Å². The highest BCUT2D eigenvalue weighted by atomic mass is 32.1. The number of amides is 1. The molecular weight excluding hydrogens is 400 g/mol. The van der Waals surface area contributed by atoms with E-state index in [-0.39, 0.29) is 18.4 Å². The summed E-state index contributed by atoms with van der Waals surface area (Å²) >= 11 is 1.65. The van der Waals surface area contributed by atoms with Crippen LogP contribution >= 0.6 is 11.3 Å². The van der Waals surface area contributed by atoms with Gasteiger partial charge in [-0.1, -0.05) is 0 Å². The topological polar surface area (TPSA) is 107 Å². The second kappa shape index (κ2) is 7.66. The van der Waals surface area contributed by atoms with Crippen molar-refractivity contribution >= 4 is 49.9 Å². The smallest absolute Gasteiger partial charge is 0.225 e. The molecule has 0 unspecified atom stereocenters. The zero-order chi connectivity index (χ0) is 20.7. The number of aromatic amines is 1. The van der Waals surface area contributed by atoms with E-state index in [0.29, 0.717) is 13.0 Å². The third-order valence-corrected chi connectivity index (χ3v) is 6.87. The molecule has 3 aromatic heterocycles. The molecule has 0 radical (unpaired) electrons. The van der Waals surface area contributed by atoms with Gasteiger partial charge < -0.3 is 15.3 Å². The normalized spacial score (nSPS) is 16.0. The Balaban J connectivity index is 1.46. The first-order chi connectivity index (χ1) is 14.6. The maximum absolute atomic E-state index is 12.7. The van der Waals surface area contributed by atoms with Gasteiger partial charge in [0.15, 0.2) is 0 Å². The zero-order valence-electron chi connectivity index (χ0n) is 16.6. The number of benzene rings is 1. The summed E-state index contributed by atoms with van der Waals surface area (Å²) in [5.41, 5.74) is 3.18. The number of hydrogen-bond donors (Lipinski definition) is 3. The van der Waals surface area contributed by atoms with Crippen LogP contribution in [0, 0.1) is 5.92 Å². The largest absolute Gasteiger partial charge is 0.395 e. The van der Waals surface area contributed by atoms with Crippen molar-refractivity contribution in [2.24, 2.45) is 5.92 Å². The molecule has 3 heterocycles. The Morgan fingerprint density at radius 3 is 3.17 bits per heavy atom. The van der Waals surface area contributed by atoms with Gasteiger partial charge in [0.05, 0.1) is 23.7 Å². The summed E-state index contributed by atoms with van der Waals surface area (Å²) in [5, 5.41) is 21.7. The Hall–Kier alpha value is -3.04. The molecule has 0 bridgehead atoms. The second-order valence-electron chi connectivity index (χ2n) is 7.63. The minimum Gasteiger partial charge on any atom is -0.395 e. The number of carbonyl (C=O) groups excluding carboxylic acids is 1. The van der Waals surface area contributed by atoms with E-state index in [1.807, 2.05) is 18.2 Å². The number of nitrogens with zero attached hydrogens (tertiary/aromatic N) is 4. The summed E-state index contributed by atoms with van der Waals surface area (Å²) < 4.78 is 0. The summed E-state index contributed by atoms with van der Waals surface area (Å²) in [6.07, 6.45) is 5.71. The lowest BCUT2D eigenvalue weighted by atomic mass is 9.87. The van der Waals surface area contributed by atoms with Crippen LogP contribution in [-0.2, 0) is 17.6 Å². The Morgan fingerprint density at radius 2 is 2.30 bits per heavy atom. The first-order valence-corrected chi connectivity index (χ1v) is 10.8. The molecule has 30 heavy (non-hydrogen) atoms. The Labute approximate surface area is 177 Å². The van der Waals surface area contributed by atoms with Crippen LogP contribution in [0.1, 0.15) is 16.9 Å². The van der Waals surface area contributed by atoms with Crippen molar-refractivity contribution in [3.8, 4) is 0 Å². The average molecular weight is 423 g/mol. The van der Waals surface area contributed by atoms with Gasteiger partial charge in [-0.2, -0.15) is 5.10 Å². The van der Waals surface area contributed by atoms with Gasteiger partial charge in [-0.3, -0.25) is 9.89 Å². The lowest BCUT2D eigenvalue weighted by molar-refractivity contribution is -0.135. The quantitative estimate of drug-likeness (QED) is 0.457. The van der Waals surface area contributed by atoms with Crippen LogP contribution in [0.2, 0.25) is 0 Å². The molecule has 0 spiro atoms. The summed E-state index contributed by atoms with van der Waals surface area (Å²) in [6, 6.07) is 6.03. The number of aliphatic hydroxyl groups excluding tert-OH is 1. The van der Waals surface area contributed by atoms with Crippen molar-refractivity contribution in [2.75, 3.05) is 25.5 Å². The molecule has 0 fully saturated rings. The molecule has 1 aromatic carbocycles. The molecule has 154 valence electrons. The van der Waals surface area contributed by atoms with Gasteiger partial charge >= 0.3 is 0 Å². The number of aliphatic hydroxyl groups is 1. The van der Waals surface area contributed by atoms with Crippen LogP contribution < -0.4 is 5.32 Å². The first kappa shape index (κ1) is 19.0. The lowest BCUT2D eigenvalue weighted by Gasteiger charge is -2.26. The monoisotopic (exact) mass is 422 g/mol. The van der Waals surface area contributed by atoms with Crippen LogP contribution in [-0.4, -0.2) is 56.3 Å². The van der Waals surface area contributed by atoms with Crippen molar-refractivity contribution in [2.45, 2.75) is 19.3 Å². The van der Waals surface area contributed by atoms with E-state index < -0.39 is 0 Å².